The molecule has 1 amide bonds. The summed E-state index contributed by atoms with van der Waals surface area (Å²) in [5, 5.41) is 22.7. The molecule has 0 fully saturated rings. The highest BCUT2D eigenvalue weighted by molar-refractivity contribution is 6.30. The number of amides is 1. The Bertz CT molecular complexity index is 781. The predicted molar refractivity (Wildman–Crippen MR) is 85.1 cm³/mol. The van der Waals surface area contributed by atoms with E-state index in [1.165, 1.54) is 6.20 Å². The van der Waals surface area contributed by atoms with E-state index in [2.05, 4.69) is 20.6 Å². The summed E-state index contributed by atoms with van der Waals surface area (Å²) in [5.41, 5.74) is 0.395. The first-order valence-electron chi connectivity index (χ1n) is 6.85. The summed E-state index contributed by atoms with van der Waals surface area (Å²) >= 11 is 5.83. The molecule has 0 unspecified atom stereocenters. The Morgan fingerprint density at radius 2 is 2.25 bits per heavy atom. The third kappa shape index (κ3) is 4.08. The van der Waals surface area contributed by atoms with Gasteiger partial charge < -0.3 is 15.7 Å². The molecule has 2 atom stereocenters. The van der Waals surface area contributed by atoms with Crippen LogP contribution in [0.25, 0.3) is 0 Å². The van der Waals surface area contributed by atoms with Crippen molar-refractivity contribution in [2.24, 2.45) is 0 Å². The van der Waals surface area contributed by atoms with Gasteiger partial charge in [0.2, 0.25) is 0 Å². The zero-order chi connectivity index (χ0) is 17.7. The molecule has 3 N–H and O–H groups in total. The van der Waals surface area contributed by atoms with Gasteiger partial charge in [0.25, 0.3) is 0 Å². The van der Waals surface area contributed by atoms with Gasteiger partial charge in [-0.05, 0) is 25.1 Å². The summed E-state index contributed by atoms with van der Waals surface area (Å²) in [6.45, 7) is 1.60. The van der Waals surface area contributed by atoms with Crippen molar-refractivity contribution in [2.45, 2.75) is 19.0 Å². The minimum absolute atomic E-state index is 0.0918. The van der Waals surface area contributed by atoms with Crippen molar-refractivity contribution in [1.29, 1.82) is 5.26 Å². The Morgan fingerprint density at radius 3 is 2.83 bits per heavy atom. The highest BCUT2D eigenvalue weighted by atomic mass is 35.5. The van der Waals surface area contributed by atoms with E-state index >= 15 is 0 Å². The van der Waals surface area contributed by atoms with Crippen LogP contribution in [0, 0.1) is 17.1 Å². The number of nitriles is 1. The highest BCUT2D eigenvalue weighted by Gasteiger charge is 2.24. The topological polar surface area (TPSA) is 111 Å². The fourth-order valence-electron chi connectivity index (χ4n) is 2.09. The maximum atomic E-state index is 14.1. The third-order valence-corrected chi connectivity index (χ3v) is 3.49. The molecule has 2 aromatic rings. The van der Waals surface area contributed by atoms with Crippen LogP contribution in [0.5, 0.6) is 0 Å². The summed E-state index contributed by atoms with van der Waals surface area (Å²) < 4.78 is 14.1. The molecule has 2 aromatic heterocycles. The Hall–Kier alpha value is -2.92. The zero-order valence-electron chi connectivity index (χ0n) is 12.5. The lowest BCUT2D eigenvalue weighted by molar-refractivity contribution is 0.189. The molecule has 24 heavy (non-hydrogen) atoms. The van der Waals surface area contributed by atoms with E-state index < -0.39 is 24.0 Å². The molecule has 124 valence electrons. The van der Waals surface area contributed by atoms with Crippen LogP contribution in [-0.4, -0.2) is 27.2 Å². The van der Waals surface area contributed by atoms with Crippen LogP contribution >= 0.6 is 11.6 Å². The van der Waals surface area contributed by atoms with Crippen molar-refractivity contribution < 1.29 is 14.3 Å². The molecule has 2 heterocycles. The van der Waals surface area contributed by atoms with Gasteiger partial charge in [0.15, 0.2) is 11.6 Å². The van der Waals surface area contributed by atoms with Crippen LogP contribution in [0.4, 0.5) is 15.0 Å². The van der Waals surface area contributed by atoms with Gasteiger partial charge in [-0.3, -0.25) is 4.98 Å². The molecule has 0 radical (unpaired) electrons. The van der Waals surface area contributed by atoms with Crippen LogP contribution < -0.4 is 10.6 Å². The second-order valence-corrected chi connectivity index (χ2v) is 5.24. The average Bonchev–Trinajstić information content (AvgIpc) is 2.55. The average molecular weight is 350 g/mol. The highest BCUT2D eigenvalue weighted by Crippen LogP contribution is 2.25. The summed E-state index contributed by atoms with van der Waals surface area (Å²) in [6.07, 6.45) is 0.309. The molecular formula is C15H13ClFN5O2. The monoisotopic (exact) mass is 349 g/mol. The lowest BCUT2D eigenvalue weighted by Gasteiger charge is -2.25. The van der Waals surface area contributed by atoms with Gasteiger partial charge >= 0.3 is 6.09 Å². The van der Waals surface area contributed by atoms with E-state index in [0.717, 1.165) is 6.07 Å². The van der Waals surface area contributed by atoms with Gasteiger partial charge in [-0.15, -0.1) is 0 Å². The number of nitrogens with one attached hydrogen (secondary N) is 2. The van der Waals surface area contributed by atoms with Gasteiger partial charge in [0, 0.05) is 6.20 Å². The maximum absolute atomic E-state index is 14.1. The second kappa shape index (κ2) is 7.57. The number of carboxylic acid groups (broad SMARTS) is 1. The molecule has 0 saturated carbocycles. The van der Waals surface area contributed by atoms with Crippen LogP contribution in [0.2, 0.25) is 5.15 Å². The first-order valence-corrected chi connectivity index (χ1v) is 7.23. The van der Waals surface area contributed by atoms with Gasteiger partial charge in [-0.1, -0.05) is 17.7 Å². The Morgan fingerprint density at radius 1 is 1.50 bits per heavy atom. The molecular weight excluding hydrogens is 337 g/mol. The Kier molecular flexibility index (Phi) is 5.50. The summed E-state index contributed by atoms with van der Waals surface area (Å²) in [7, 11) is 0. The number of anilines is 1. The van der Waals surface area contributed by atoms with E-state index in [0.29, 0.717) is 5.69 Å². The van der Waals surface area contributed by atoms with Gasteiger partial charge in [0.1, 0.15) is 11.2 Å². The first kappa shape index (κ1) is 17.4. The molecule has 0 aliphatic heterocycles. The lowest BCUT2D eigenvalue weighted by atomic mass is 10.1. The van der Waals surface area contributed by atoms with Crippen LogP contribution in [0.15, 0.2) is 30.5 Å². The van der Waals surface area contributed by atoms with Crippen molar-refractivity contribution in [1.82, 2.24) is 15.3 Å². The predicted octanol–water partition coefficient (Wildman–Crippen LogP) is 2.95. The standard InChI is InChI=1S/C15H13ClFN5O2/c1-8(20-15(23)24)12(11-4-2-3-5-19-11)21-14-10(17)6-9(7-18)13(16)22-14/h2-6,8,12,20H,1H3,(H,21,22)(H,23,24)/t8-,12-/m0/s1. The number of nitrogens with zero attached hydrogens (tertiary/aromatic N) is 3. The number of carbonyl (C=O) groups is 1. The van der Waals surface area contributed by atoms with Crippen molar-refractivity contribution in [3.05, 3.63) is 52.7 Å². The summed E-state index contributed by atoms with van der Waals surface area (Å²) in [5.74, 6) is -0.979. The summed E-state index contributed by atoms with van der Waals surface area (Å²) in [4.78, 5) is 18.9. The minimum atomic E-state index is -1.23. The van der Waals surface area contributed by atoms with E-state index in [9.17, 15) is 9.18 Å². The Labute approximate surface area is 142 Å². The first-order chi connectivity index (χ1) is 11.4. The molecule has 0 saturated heterocycles. The molecule has 0 bridgehead atoms. The SMILES string of the molecule is C[C@H](NC(=O)O)[C@H](Nc1nc(Cl)c(C#N)cc1F)c1ccccn1. The fraction of sp³-hybridized carbons (Fsp3) is 0.200. The number of pyridine rings is 2. The van der Waals surface area contributed by atoms with Crippen LogP contribution in [0.3, 0.4) is 0 Å². The Balaban J connectivity index is 2.37. The third-order valence-electron chi connectivity index (χ3n) is 3.20. The molecule has 0 aromatic carbocycles. The fourth-order valence-corrected chi connectivity index (χ4v) is 2.27. The number of halogens is 2. The molecule has 0 aliphatic rings. The molecule has 9 heteroatoms. The van der Waals surface area contributed by atoms with Gasteiger partial charge in [-0.2, -0.15) is 5.26 Å². The van der Waals surface area contributed by atoms with E-state index in [4.69, 9.17) is 22.0 Å². The van der Waals surface area contributed by atoms with Gasteiger partial charge in [-0.25, -0.2) is 14.2 Å². The molecule has 2 rings (SSSR count). The molecule has 0 spiro atoms. The van der Waals surface area contributed by atoms with E-state index in [1.807, 2.05) is 0 Å². The largest absolute Gasteiger partial charge is 0.465 e. The van der Waals surface area contributed by atoms with Crippen LogP contribution in [0.1, 0.15) is 24.2 Å². The van der Waals surface area contributed by atoms with Crippen molar-refractivity contribution in [3.8, 4) is 6.07 Å². The number of aromatic nitrogens is 2. The van der Waals surface area contributed by atoms with Crippen molar-refractivity contribution >= 4 is 23.5 Å². The summed E-state index contributed by atoms with van der Waals surface area (Å²) in [6, 6.07) is 6.44. The maximum Gasteiger partial charge on any atom is 0.404 e. The second-order valence-electron chi connectivity index (χ2n) is 4.88. The number of rotatable bonds is 5. The molecule has 0 aliphatic carbocycles. The number of hydrogen-bond acceptors (Lipinski definition) is 5. The van der Waals surface area contributed by atoms with Crippen molar-refractivity contribution in [2.75, 3.05) is 5.32 Å². The number of hydrogen-bond donors (Lipinski definition) is 3. The minimum Gasteiger partial charge on any atom is -0.465 e. The zero-order valence-corrected chi connectivity index (χ0v) is 13.3. The smallest absolute Gasteiger partial charge is 0.404 e. The van der Waals surface area contributed by atoms with E-state index in [-0.39, 0.29) is 16.5 Å². The quantitative estimate of drug-likeness (QED) is 0.716. The normalized spacial score (nSPS) is 12.8. The lowest BCUT2D eigenvalue weighted by Crippen LogP contribution is -2.39. The molecule has 7 nitrogen and oxygen atoms in total. The van der Waals surface area contributed by atoms with Crippen molar-refractivity contribution in [3.63, 3.8) is 0 Å². The van der Waals surface area contributed by atoms with Crippen LogP contribution in [-0.2, 0) is 0 Å². The van der Waals surface area contributed by atoms with E-state index in [1.54, 1.807) is 31.2 Å². The van der Waals surface area contributed by atoms with Gasteiger partial charge in [0.05, 0.1) is 23.3 Å².